The lowest BCUT2D eigenvalue weighted by atomic mass is 10.1. The van der Waals surface area contributed by atoms with Crippen LogP contribution in [0.2, 0.25) is 0 Å². The van der Waals surface area contributed by atoms with E-state index in [1.807, 2.05) is 18.2 Å². The van der Waals surface area contributed by atoms with Crippen LogP contribution in [0.3, 0.4) is 0 Å². The molecule has 1 saturated heterocycles. The molecule has 2 unspecified atom stereocenters. The van der Waals surface area contributed by atoms with E-state index < -0.39 is 0 Å². The maximum absolute atomic E-state index is 12.6. The summed E-state index contributed by atoms with van der Waals surface area (Å²) in [4.78, 5) is 19.4. The average molecular weight is 332 g/mol. The van der Waals surface area contributed by atoms with Gasteiger partial charge in [0.05, 0.1) is 0 Å². The molecule has 0 aromatic heterocycles. The molecule has 0 spiro atoms. The molecule has 0 radical (unpaired) electrons. The van der Waals surface area contributed by atoms with Crippen LogP contribution in [0.1, 0.15) is 32.3 Å². The van der Waals surface area contributed by atoms with E-state index in [0.717, 1.165) is 32.6 Å². The fraction of sp³-hybridized carbons (Fsp3) is 0.650. The summed E-state index contributed by atoms with van der Waals surface area (Å²) >= 11 is 0. The van der Waals surface area contributed by atoms with E-state index >= 15 is 0 Å². The van der Waals surface area contributed by atoms with Gasteiger partial charge in [-0.05, 0) is 52.9 Å². The van der Waals surface area contributed by atoms with Gasteiger partial charge in [0.25, 0.3) is 0 Å². The lowest BCUT2D eigenvalue weighted by molar-refractivity contribution is -0.135. The zero-order chi connectivity index (χ0) is 17.5. The van der Waals surface area contributed by atoms with Crippen LogP contribution in [-0.2, 0) is 11.2 Å². The first kappa shape index (κ1) is 18.9. The molecule has 4 nitrogen and oxygen atoms in total. The Hall–Kier alpha value is -1.39. The highest BCUT2D eigenvalue weighted by atomic mass is 16.2. The van der Waals surface area contributed by atoms with Crippen LogP contribution in [0.15, 0.2) is 30.3 Å². The minimum absolute atomic E-state index is 0.297. The lowest BCUT2D eigenvalue weighted by Gasteiger charge is -2.44. The predicted octanol–water partition coefficient (Wildman–Crippen LogP) is 2.49. The number of hydrogen-bond acceptors (Lipinski definition) is 3. The zero-order valence-electron chi connectivity index (χ0n) is 15.7. The molecule has 0 saturated carbocycles. The number of rotatable bonds is 7. The Labute approximate surface area is 147 Å². The van der Waals surface area contributed by atoms with Crippen LogP contribution in [0.5, 0.6) is 0 Å². The summed E-state index contributed by atoms with van der Waals surface area (Å²) in [5.74, 6) is 0.297. The molecule has 1 fully saturated rings. The van der Waals surface area contributed by atoms with E-state index in [9.17, 15) is 4.79 Å². The number of nitrogens with zero attached hydrogens (tertiary/aromatic N) is 3. The van der Waals surface area contributed by atoms with Crippen LogP contribution in [0.4, 0.5) is 0 Å². The Bertz CT molecular complexity index is 491. The van der Waals surface area contributed by atoms with Gasteiger partial charge in [0.15, 0.2) is 0 Å². The molecule has 0 bridgehead atoms. The normalized spacial score (nSPS) is 22.1. The van der Waals surface area contributed by atoms with Crippen molar-refractivity contribution < 1.29 is 4.79 Å². The van der Waals surface area contributed by atoms with Crippen LogP contribution >= 0.6 is 0 Å². The van der Waals surface area contributed by atoms with E-state index in [4.69, 9.17) is 0 Å². The van der Waals surface area contributed by atoms with Crippen molar-refractivity contribution in [3.05, 3.63) is 35.9 Å². The molecule has 1 amide bonds. The molecule has 1 heterocycles. The molecule has 2 atom stereocenters. The summed E-state index contributed by atoms with van der Waals surface area (Å²) in [6.07, 6.45) is 2.64. The van der Waals surface area contributed by atoms with E-state index in [1.165, 1.54) is 12.0 Å². The molecule has 0 aliphatic carbocycles. The van der Waals surface area contributed by atoms with Gasteiger partial charge in [-0.25, -0.2) is 0 Å². The minimum atomic E-state index is 0.297. The molecule has 2 rings (SSSR count). The van der Waals surface area contributed by atoms with E-state index in [0.29, 0.717) is 24.4 Å². The number of hydrogen-bond donors (Lipinski definition) is 0. The van der Waals surface area contributed by atoms with E-state index in [2.05, 4.69) is 54.8 Å². The third-order valence-corrected chi connectivity index (χ3v) is 4.95. The molecule has 1 aromatic rings. The Morgan fingerprint density at radius 1 is 1.12 bits per heavy atom. The Morgan fingerprint density at radius 2 is 1.75 bits per heavy atom. The second-order valence-corrected chi connectivity index (χ2v) is 7.38. The first-order valence-electron chi connectivity index (χ1n) is 9.19. The zero-order valence-corrected chi connectivity index (χ0v) is 15.7. The van der Waals surface area contributed by atoms with Crippen molar-refractivity contribution in [3.63, 3.8) is 0 Å². The minimum Gasteiger partial charge on any atom is -0.340 e. The van der Waals surface area contributed by atoms with Crippen LogP contribution in [-0.4, -0.2) is 73.0 Å². The Morgan fingerprint density at radius 3 is 2.33 bits per heavy atom. The molecule has 4 heteroatoms. The van der Waals surface area contributed by atoms with Gasteiger partial charge in [-0.2, -0.15) is 0 Å². The topological polar surface area (TPSA) is 26.8 Å². The van der Waals surface area contributed by atoms with Gasteiger partial charge >= 0.3 is 0 Å². The molecule has 0 N–H and O–H groups in total. The van der Waals surface area contributed by atoms with Crippen molar-refractivity contribution in [1.82, 2.24) is 14.7 Å². The van der Waals surface area contributed by atoms with Crippen LogP contribution < -0.4 is 0 Å². The van der Waals surface area contributed by atoms with Gasteiger partial charge in [0.1, 0.15) is 0 Å². The van der Waals surface area contributed by atoms with Crippen molar-refractivity contribution in [2.24, 2.45) is 0 Å². The monoisotopic (exact) mass is 331 g/mol. The third kappa shape index (κ3) is 5.60. The fourth-order valence-corrected chi connectivity index (χ4v) is 3.62. The van der Waals surface area contributed by atoms with Crippen molar-refractivity contribution in [2.45, 2.75) is 45.2 Å². The standard InChI is InChI=1S/C20H33N3O/c1-17-15-22(16-18(2)23(17)14-8-13-21(3)4)20(24)12-11-19-9-6-5-7-10-19/h5-7,9-10,17-18H,8,11-16H2,1-4H3. The van der Waals surface area contributed by atoms with Gasteiger partial charge in [0, 0.05) is 38.1 Å². The highest BCUT2D eigenvalue weighted by molar-refractivity contribution is 5.76. The van der Waals surface area contributed by atoms with Gasteiger partial charge < -0.3 is 9.80 Å². The van der Waals surface area contributed by atoms with Gasteiger partial charge in [0.2, 0.25) is 5.91 Å². The first-order chi connectivity index (χ1) is 11.5. The van der Waals surface area contributed by atoms with Crippen molar-refractivity contribution in [1.29, 1.82) is 0 Å². The van der Waals surface area contributed by atoms with Crippen LogP contribution in [0, 0.1) is 0 Å². The molecule has 1 aromatic carbocycles. The van der Waals surface area contributed by atoms with Crippen molar-refractivity contribution in [3.8, 4) is 0 Å². The van der Waals surface area contributed by atoms with E-state index in [-0.39, 0.29) is 0 Å². The second-order valence-electron chi connectivity index (χ2n) is 7.38. The highest BCUT2D eigenvalue weighted by Crippen LogP contribution is 2.17. The van der Waals surface area contributed by atoms with Gasteiger partial charge in [-0.15, -0.1) is 0 Å². The highest BCUT2D eigenvalue weighted by Gasteiger charge is 2.31. The van der Waals surface area contributed by atoms with Crippen molar-refractivity contribution >= 4 is 5.91 Å². The summed E-state index contributed by atoms with van der Waals surface area (Å²) < 4.78 is 0. The third-order valence-electron chi connectivity index (χ3n) is 4.95. The van der Waals surface area contributed by atoms with Crippen molar-refractivity contribution in [2.75, 3.05) is 40.3 Å². The summed E-state index contributed by atoms with van der Waals surface area (Å²) in [6, 6.07) is 11.2. The molecule has 1 aliphatic rings. The Kier molecular flexibility index (Phi) is 7.25. The summed E-state index contributed by atoms with van der Waals surface area (Å²) in [5.41, 5.74) is 1.24. The maximum Gasteiger partial charge on any atom is 0.223 e. The molecule has 134 valence electrons. The predicted molar refractivity (Wildman–Crippen MR) is 100 cm³/mol. The summed E-state index contributed by atoms with van der Waals surface area (Å²) in [5, 5.41) is 0. The number of carbonyl (C=O) groups excluding carboxylic acids is 1. The van der Waals surface area contributed by atoms with Gasteiger partial charge in [-0.3, -0.25) is 9.69 Å². The molecule has 24 heavy (non-hydrogen) atoms. The average Bonchev–Trinajstić information content (AvgIpc) is 2.55. The maximum atomic E-state index is 12.6. The number of piperazine rings is 1. The Balaban J connectivity index is 1.80. The number of amides is 1. The summed E-state index contributed by atoms with van der Waals surface area (Å²) in [6.45, 7) is 8.47. The molecule has 1 aliphatic heterocycles. The lowest BCUT2D eigenvalue weighted by Crippen LogP contribution is -2.58. The molecular formula is C20H33N3O. The second kappa shape index (κ2) is 9.19. The van der Waals surface area contributed by atoms with E-state index in [1.54, 1.807) is 0 Å². The summed E-state index contributed by atoms with van der Waals surface area (Å²) in [7, 11) is 4.24. The van der Waals surface area contributed by atoms with Crippen LogP contribution in [0.25, 0.3) is 0 Å². The SMILES string of the molecule is CC1CN(C(=O)CCc2ccccc2)CC(C)N1CCCN(C)C. The number of carbonyl (C=O) groups is 1. The number of benzene rings is 1. The van der Waals surface area contributed by atoms with Gasteiger partial charge in [-0.1, -0.05) is 30.3 Å². The first-order valence-corrected chi connectivity index (χ1v) is 9.19. The fourth-order valence-electron chi connectivity index (χ4n) is 3.62. The quantitative estimate of drug-likeness (QED) is 0.768. The molecular weight excluding hydrogens is 298 g/mol. The smallest absolute Gasteiger partial charge is 0.223 e. The largest absolute Gasteiger partial charge is 0.340 e. The number of aryl methyl sites for hydroxylation is 1.